The largest absolute Gasteiger partial charge is 0.484 e. The van der Waals surface area contributed by atoms with E-state index in [0.29, 0.717) is 18.3 Å². The number of hydrogen-bond donors (Lipinski definition) is 1. The molecule has 0 radical (unpaired) electrons. The highest BCUT2D eigenvalue weighted by atomic mass is 79.9. The molecule has 6 heteroatoms. The van der Waals surface area contributed by atoms with E-state index in [-0.39, 0.29) is 6.61 Å². The van der Waals surface area contributed by atoms with Crippen molar-refractivity contribution in [3.05, 3.63) is 40.0 Å². The van der Waals surface area contributed by atoms with Gasteiger partial charge in [-0.1, -0.05) is 17.3 Å². The van der Waals surface area contributed by atoms with Crippen LogP contribution in [0, 0.1) is 6.92 Å². The Labute approximate surface area is 113 Å². The molecule has 2 aromatic rings. The van der Waals surface area contributed by atoms with Crippen molar-refractivity contribution in [1.29, 1.82) is 0 Å². The zero-order valence-corrected chi connectivity index (χ0v) is 11.6. The van der Waals surface area contributed by atoms with Crippen molar-refractivity contribution in [3.63, 3.8) is 0 Å². The van der Waals surface area contributed by atoms with Gasteiger partial charge in [0.05, 0.1) is 4.47 Å². The maximum absolute atomic E-state index is 5.73. The number of nitrogens with two attached hydrogens (primary N) is 1. The molecule has 0 saturated carbocycles. The van der Waals surface area contributed by atoms with E-state index in [2.05, 4.69) is 26.1 Å². The molecular formula is C12H14BrN3O2. The van der Waals surface area contributed by atoms with Crippen LogP contribution in [-0.4, -0.2) is 16.7 Å². The smallest absolute Gasteiger partial charge is 0.223 e. The van der Waals surface area contributed by atoms with Gasteiger partial charge in [0, 0.05) is 6.92 Å². The number of hydrogen-bond acceptors (Lipinski definition) is 5. The maximum atomic E-state index is 5.73. The Morgan fingerprint density at radius 2 is 2.28 bits per heavy atom. The van der Waals surface area contributed by atoms with Crippen molar-refractivity contribution >= 4 is 15.9 Å². The Balaban J connectivity index is 2.12. The average molecular weight is 312 g/mol. The molecule has 2 rings (SSSR count). The number of aromatic nitrogens is 2. The van der Waals surface area contributed by atoms with Gasteiger partial charge in [-0.15, -0.1) is 0 Å². The molecule has 0 amide bonds. The molecule has 0 aliphatic rings. The molecular weight excluding hydrogens is 298 g/mol. The summed E-state index contributed by atoms with van der Waals surface area (Å²) in [6.07, 6.45) is 0.764. The molecule has 0 aliphatic carbocycles. The van der Waals surface area contributed by atoms with Crippen LogP contribution in [0.25, 0.3) is 0 Å². The first kappa shape index (κ1) is 13.0. The lowest BCUT2D eigenvalue weighted by atomic mass is 10.1. The van der Waals surface area contributed by atoms with E-state index in [1.165, 1.54) is 0 Å². The summed E-state index contributed by atoms with van der Waals surface area (Å²) in [7, 11) is 0. The fourth-order valence-electron chi connectivity index (χ4n) is 1.60. The second kappa shape index (κ2) is 5.97. The number of halogens is 1. The van der Waals surface area contributed by atoms with Gasteiger partial charge in [-0.05, 0) is 40.5 Å². The molecule has 1 aromatic carbocycles. The fourth-order valence-corrected chi connectivity index (χ4v) is 2.13. The molecule has 0 spiro atoms. The molecule has 0 unspecified atom stereocenters. The zero-order valence-electron chi connectivity index (χ0n) is 10.0. The van der Waals surface area contributed by atoms with Gasteiger partial charge in [0.2, 0.25) is 11.7 Å². The molecule has 5 nitrogen and oxygen atoms in total. The van der Waals surface area contributed by atoms with Crippen molar-refractivity contribution in [2.45, 2.75) is 20.0 Å². The van der Waals surface area contributed by atoms with Gasteiger partial charge in [0.15, 0.2) is 6.61 Å². The second-order valence-corrected chi connectivity index (χ2v) is 4.64. The van der Waals surface area contributed by atoms with Gasteiger partial charge in [0.1, 0.15) is 5.75 Å². The van der Waals surface area contributed by atoms with E-state index in [1.807, 2.05) is 18.2 Å². The standard InChI is InChI=1S/C12H14BrN3O2/c1-8-15-11(16-18-8)7-17-12-9(5-6-14)3-2-4-10(12)13/h2-4H,5-7,14H2,1H3. The predicted molar refractivity (Wildman–Crippen MR) is 70.3 cm³/mol. The Hall–Kier alpha value is -1.40. The number of benzene rings is 1. The van der Waals surface area contributed by atoms with Crippen LogP contribution >= 0.6 is 15.9 Å². The molecule has 2 N–H and O–H groups in total. The van der Waals surface area contributed by atoms with Crippen LogP contribution in [-0.2, 0) is 13.0 Å². The van der Waals surface area contributed by atoms with Crippen LogP contribution in [0.4, 0.5) is 0 Å². The highest BCUT2D eigenvalue weighted by Crippen LogP contribution is 2.29. The molecule has 0 bridgehead atoms. The van der Waals surface area contributed by atoms with E-state index in [9.17, 15) is 0 Å². The Morgan fingerprint density at radius 1 is 1.44 bits per heavy atom. The maximum Gasteiger partial charge on any atom is 0.223 e. The topological polar surface area (TPSA) is 74.2 Å². The van der Waals surface area contributed by atoms with Crippen molar-refractivity contribution < 1.29 is 9.26 Å². The van der Waals surface area contributed by atoms with Gasteiger partial charge in [-0.25, -0.2) is 0 Å². The lowest BCUT2D eigenvalue weighted by Crippen LogP contribution is -2.06. The summed E-state index contributed by atoms with van der Waals surface area (Å²) in [4.78, 5) is 4.09. The number of para-hydroxylation sites is 1. The fraction of sp³-hybridized carbons (Fsp3) is 0.333. The van der Waals surface area contributed by atoms with Gasteiger partial charge in [0.25, 0.3) is 0 Å². The van der Waals surface area contributed by atoms with E-state index in [1.54, 1.807) is 6.92 Å². The molecule has 1 aromatic heterocycles. The highest BCUT2D eigenvalue weighted by Gasteiger charge is 2.10. The summed E-state index contributed by atoms with van der Waals surface area (Å²) in [6.45, 7) is 2.60. The molecule has 96 valence electrons. The molecule has 0 aliphatic heterocycles. The number of nitrogens with zero attached hydrogens (tertiary/aromatic N) is 2. The number of aryl methyl sites for hydroxylation is 1. The molecule has 0 saturated heterocycles. The second-order valence-electron chi connectivity index (χ2n) is 3.79. The number of ether oxygens (including phenoxy) is 1. The van der Waals surface area contributed by atoms with Gasteiger partial charge < -0.3 is 15.0 Å². The van der Waals surface area contributed by atoms with Crippen molar-refractivity contribution in [2.24, 2.45) is 5.73 Å². The summed E-state index contributed by atoms with van der Waals surface area (Å²) < 4.78 is 11.5. The van der Waals surface area contributed by atoms with Crippen LogP contribution in [0.5, 0.6) is 5.75 Å². The minimum absolute atomic E-state index is 0.275. The average Bonchev–Trinajstić information content (AvgIpc) is 2.75. The van der Waals surface area contributed by atoms with Gasteiger partial charge in [-0.2, -0.15) is 4.98 Å². The molecule has 0 fully saturated rings. The third-order valence-electron chi connectivity index (χ3n) is 2.38. The lowest BCUT2D eigenvalue weighted by molar-refractivity contribution is 0.281. The number of rotatable bonds is 5. The summed E-state index contributed by atoms with van der Waals surface area (Å²) in [5.41, 5.74) is 6.64. The SMILES string of the molecule is Cc1nc(COc2c(Br)cccc2CCN)no1. The third kappa shape index (κ3) is 3.08. The van der Waals surface area contributed by atoms with Crippen LogP contribution in [0.15, 0.2) is 27.2 Å². The molecule has 18 heavy (non-hydrogen) atoms. The summed E-state index contributed by atoms with van der Waals surface area (Å²) >= 11 is 3.47. The van der Waals surface area contributed by atoms with Crippen molar-refractivity contribution in [3.8, 4) is 5.75 Å². The normalized spacial score (nSPS) is 10.6. The van der Waals surface area contributed by atoms with E-state index >= 15 is 0 Å². The monoisotopic (exact) mass is 311 g/mol. The summed E-state index contributed by atoms with van der Waals surface area (Å²) in [6, 6.07) is 5.88. The first-order valence-electron chi connectivity index (χ1n) is 5.60. The summed E-state index contributed by atoms with van der Waals surface area (Å²) in [5, 5.41) is 3.79. The highest BCUT2D eigenvalue weighted by molar-refractivity contribution is 9.10. The first-order valence-corrected chi connectivity index (χ1v) is 6.39. The van der Waals surface area contributed by atoms with E-state index < -0.39 is 0 Å². The van der Waals surface area contributed by atoms with Gasteiger partial charge in [-0.3, -0.25) is 0 Å². The summed E-state index contributed by atoms with van der Waals surface area (Å²) in [5.74, 6) is 1.84. The van der Waals surface area contributed by atoms with Crippen LogP contribution in [0.3, 0.4) is 0 Å². The minimum Gasteiger partial charge on any atom is -0.484 e. The van der Waals surface area contributed by atoms with E-state index in [0.717, 1.165) is 22.2 Å². The van der Waals surface area contributed by atoms with Crippen molar-refractivity contribution in [1.82, 2.24) is 10.1 Å². The molecule has 0 atom stereocenters. The van der Waals surface area contributed by atoms with Crippen LogP contribution < -0.4 is 10.5 Å². The third-order valence-corrected chi connectivity index (χ3v) is 3.00. The van der Waals surface area contributed by atoms with Crippen molar-refractivity contribution in [2.75, 3.05) is 6.54 Å². The first-order chi connectivity index (χ1) is 8.70. The Morgan fingerprint density at radius 3 is 2.94 bits per heavy atom. The zero-order chi connectivity index (χ0) is 13.0. The quantitative estimate of drug-likeness (QED) is 0.916. The Kier molecular flexibility index (Phi) is 4.33. The molecule has 1 heterocycles. The van der Waals surface area contributed by atoms with Gasteiger partial charge >= 0.3 is 0 Å². The predicted octanol–water partition coefficient (Wildman–Crippen LogP) is 2.22. The minimum atomic E-state index is 0.275. The Bertz CT molecular complexity index is 528. The van der Waals surface area contributed by atoms with E-state index in [4.69, 9.17) is 15.0 Å². The lowest BCUT2D eigenvalue weighted by Gasteiger charge is -2.11. The van der Waals surface area contributed by atoms with Crippen LogP contribution in [0.1, 0.15) is 17.3 Å². The van der Waals surface area contributed by atoms with Crippen LogP contribution in [0.2, 0.25) is 0 Å².